The SMILES string of the molecule is C[C@H](Cc1c[nH]c2ccc(F)cc12)NCC(F)(F)CO. The molecule has 2 aromatic rings. The number of rotatable bonds is 6. The molecule has 1 aromatic heterocycles. The molecule has 0 bridgehead atoms. The minimum absolute atomic E-state index is 0.213. The molecule has 3 N–H and O–H groups in total. The third kappa shape index (κ3) is 3.52. The van der Waals surface area contributed by atoms with Crippen LogP contribution in [0.15, 0.2) is 24.4 Å². The largest absolute Gasteiger partial charge is 0.390 e. The molecule has 3 nitrogen and oxygen atoms in total. The van der Waals surface area contributed by atoms with Crippen molar-refractivity contribution >= 4 is 10.9 Å². The number of benzene rings is 1. The van der Waals surface area contributed by atoms with Gasteiger partial charge in [-0.25, -0.2) is 13.2 Å². The quantitative estimate of drug-likeness (QED) is 0.764. The molecule has 0 saturated carbocycles. The second-order valence-electron chi connectivity index (χ2n) is 5.00. The van der Waals surface area contributed by atoms with E-state index in [-0.39, 0.29) is 11.9 Å². The maximum Gasteiger partial charge on any atom is 0.282 e. The molecule has 0 aliphatic rings. The fourth-order valence-corrected chi connectivity index (χ4v) is 2.10. The highest BCUT2D eigenvalue weighted by Gasteiger charge is 2.27. The molecule has 110 valence electrons. The Labute approximate surface area is 114 Å². The summed E-state index contributed by atoms with van der Waals surface area (Å²) >= 11 is 0. The Morgan fingerprint density at radius 1 is 1.40 bits per heavy atom. The smallest absolute Gasteiger partial charge is 0.282 e. The van der Waals surface area contributed by atoms with E-state index in [0.29, 0.717) is 6.42 Å². The summed E-state index contributed by atoms with van der Waals surface area (Å²) in [6.45, 7) is 0.0119. The molecule has 0 radical (unpaired) electrons. The molecule has 0 fully saturated rings. The molecule has 1 atom stereocenters. The summed E-state index contributed by atoms with van der Waals surface area (Å²) in [7, 11) is 0. The molecule has 2 rings (SSSR count). The molecule has 0 unspecified atom stereocenters. The van der Waals surface area contributed by atoms with Gasteiger partial charge in [-0.3, -0.25) is 0 Å². The third-order valence-corrected chi connectivity index (χ3v) is 3.20. The average molecular weight is 286 g/mol. The van der Waals surface area contributed by atoms with Crippen LogP contribution in [0.2, 0.25) is 0 Å². The number of halogens is 3. The summed E-state index contributed by atoms with van der Waals surface area (Å²) in [5, 5.41) is 11.9. The van der Waals surface area contributed by atoms with E-state index < -0.39 is 19.1 Å². The van der Waals surface area contributed by atoms with Gasteiger partial charge in [-0.05, 0) is 37.1 Å². The number of aliphatic hydroxyl groups is 1. The molecule has 1 heterocycles. The normalized spacial score (nSPS) is 13.8. The second kappa shape index (κ2) is 5.85. The van der Waals surface area contributed by atoms with Crippen molar-refractivity contribution in [3.63, 3.8) is 0 Å². The predicted octanol–water partition coefficient (Wildman–Crippen LogP) is 2.46. The van der Waals surface area contributed by atoms with E-state index in [9.17, 15) is 13.2 Å². The first kappa shape index (κ1) is 14.9. The first-order valence-electron chi connectivity index (χ1n) is 6.39. The highest BCUT2D eigenvalue weighted by molar-refractivity contribution is 5.83. The van der Waals surface area contributed by atoms with E-state index in [1.165, 1.54) is 12.1 Å². The first-order chi connectivity index (χ1) is 9.41. The van der Waals surface area contributed by atoms with Crippen LogP contribution in [0.5, 0.6) is 0 Å². The van der Waals surface area contributed by atoms with Crippen LogP contribution in [0, 0.1) is 5.82 Å². The van der Waals surface area contributed by atoms with E-state index in [4.69, 9.17) is 5.11 Å². The molecule has 0 aliphatic carbocycles. The number of aromatic amines is 1. The van der Waals surface area contributed by atoms with Crippen molar-refractivity contribution in [1.29, 1.82) is 0 Å². The van der Waals surface area contributed by atoms with Crippen LogP contribution in [-0.4, -0.2) is 35.2 Å². The van der Waals surface area contributed by atoms with Crippen molar-refractivity contribution in [2.45, 2.75) is 25.3 Å². The topological polar surface area (TPSA) is 48.0 Å². The zero-order valence-electron chi connectivity index (χ0n) is 11.1. The number of hydrogen-bond acceptors (Lipinski definition) is 2. The highest BCUT2D eigenvalue weighted by Crippen LogP contribution is 2.21. The summed E-state index contributed by atoms with van der Waals surface area (Å²) in [5.74, 6) is -3.45. The molecule has 0 amide bonds. The van der Waals surface area contributed by atoms with Gasteiger partial charge in [0, 0.05) is 23.1 Å². The van der Waals surface area contributed by atoms with Gasteiger partial charge in [-0.15, -0.1) is 0 Å². The van der Waals surface area contributed by atoms with E-state index in [1.807, 2.05) is 0 Å². The summed E-state index contributed by atoms with van der Waals surface area (Å²) in [6.07, 6.45) is 2.25. The van der Waals surface area contributed by atoms with Gasteiger partial charge >= 0.3 is 0 Å². The molecule has 0 aliphatic heterocycles. The van der Waals surface area contributed by atoms with E-state index in [2.05, 4.69) is 10.3 Å². The lowest BCUT2D eigenvalue weighted by Gasteiger charge is -2.18. The predicted molar refractivity (Wildman–Crippen MR) is 71.5 cm³/mol. The van der Waals surface area contributed by atoms with E-state index in [1.54, 1.807) is 19.2 Å². The van der Waals surface area contributed by atoms with Crippen LogP contribution in [-0.2, 0) is 6.42 Å². The Morgan fingerprint density at radius 2 is 2.15 bits per heavy atom. The Balaban J connectivity index is 2.03. The van der Waals surface area contributed by atoms with Crippen LogP contribution in [0.3, 0.4) is 0 Å². The van der Waals surface area contributed by atoms with Gasteiger partial charge < -0.3 is 15.4 Å². The number of fused-ring (bicyclic) bond motifs is 1. The van der Waals surface area contributed by atoms with E-state index in [0.717, 1.165) is 16.5 Å². The van der Waals surface area contributed by atoms with Crippen molar-refractivity contribution in [1.82, 2.24) is 10.3 Å². The monoisotopic (exact) mass is 286 g/mol. The highest BCUT2D eigenvalue weighted by atomic mass is 19.3. The second-order valence-corrected chi connectivity index (χ2v) is 5.00. The number of alkyl halides is 2. The molecule has 6 heteroatoms. The molecule has 20 heavy (non-hydrogen) atoms. The van der Waals surface area contributed by atoms with Crippen LogP contribution < -0.4 is 5.32 Å². The third-order valence-electron chi connectivity index (χ3n) is 3.20. The Morgan fingerprint density at radius 3 is 2.85 bits per heavy atom. The Hall–Kier alpha value is -1.53. The Bertz CT molecular complexity index is 583. The van der Waals surface area contributed by atoms with Gasteiger partial charge in [0.1, 0.15) is 12.4 Å². The minimum Gasteiger partial charge on any atom is -0.390 e. The molecular weight excluding hydrogens is 269 g/mol. The minimum atomic E-state index is -3.12. The van der Waals surface area contributed by atoms with Gasteiger partial charge in [0.05, 0.1) is 6.54 Å². The van der Waals surface area contributed by atoms with Crippen molar-refractivity contribution in [2.24, 2.45) is 0 Å². The van der Waals surface area contributed by atoms with Gasteiger partial charge in [0.25, 0.3) is 5.92 Å². The fraction of sp³-hybridized carbons (Fsp3) is 0.429. The number of aliphatic hydroxyl groups excluding tert-OH is 1. The maximum atomic E-state index is 13.2. The lowest BCUT2D eigenvalue weighted by Crippen LogP contribution is -2.40. The zero-order chi connectivity index (χ0) is 14.8. The molecular formula is C14H17F3N2O. The Kier molecular flexibility index (Phi) is 4.35. The fourth-order valence-electron chi connectivity index (χ4n) is 2.10. The number of H-pyrrole nitrogens is 1. The van der Waals surface area contributed by atoms with E-state index >= 15 is 0 Å². The van der Waals surface area contributed by atoms with Crippen molar-refractivity contribution < 1.29 is 18.3 Å². The van der Waals surface area contributed by atoms with Crippen LogP contribution in [0.4, 0.5) is 13.2 Å². The molecule has 0 spiro atoms. The summed E-state index contributed by atoms with van der Waals surface area (Å²) < 4.78 is 39.1. The summed E-state index contributed by atoms with van der Waals surface area (Å²) in [4.78, 5) is 3.02. The van der Waals surface area contributed by atoms with Gasteiger partial charge in [-0.1, -0.05) is 0 Å². The van der Waals surface area contributed by atoms with Crippen molar-refractivity contribution in [3.8, 4) is 0 Å². The number of hydrogen-bond donors (Lipinski definition) is 3. The van der Waals surface area contributed by atoms with Gasteiger partial charge in [0.15, 0.2) is 0 Å². The molecule has 0 saturated heterocycles. The first-order valence-corrected chi connectivity index (χ1v) is 6.39. The summed E-state index contributed by atoms with van der Waals surface area (Å²) in [5.41, 5.74) is 1.68. The number of nitrogens with one attached hydrogen (secondary N) is 2. The van der Waals surface area contributed by atoms with Crippen LogP contribution in [0.1, 0.15) is 12.5 Å². The van der Waals surface area contributed by atoms with Gasteiger partial charge in [-0.2, -0.15) is 0 Å². The summed E-state index contributed by atoms with van der Waals surface area (Å²) in [6, 6.07) is 4.23. The lowest BCUT2D eigenvalue weighted by molar-refractivity contribution is -0.0490. The van der Waals surface area contributed by atoms with Gasteiger partial charge in [0.2, 0.25) is 0 Å². The van der Waals surface area contributed by atoms with Crippen LogP contribution in [0.25, 0.3) is 10.9 Å². The van der Waals surface area contributed by atoms with Crippen molar-refractivity contribution in [3.05, 3.63) is 35.8 Å². The average Bonchev–Trinajstić information content (AvgIpc) is 2.79. The van der Waals surface area contributed by atoms with Crippen molar-refractivity contribution in [2.75, 3.05) is 13.2 Å². The standard InChI is InChI=1S/C14H17F3N2O/c1-9(19-7-14(16,17)8-20)4-10-6-18-13-3-2-11(15)5-12(10)13/h2-3,5-6,9,18-20H,4,7-8H2,1H3/t9-/m1/s1. The zero-order valence-corrected chi connectivity index (χ0v) is 11.1. The van der Waals surface area contributed by atoms with Crippen LogP contribution >= 0.6 is 0 Å². The number of aromatic nitrogens is 1. The maximum absolute atomic E-state index is 13.2. The lowest BCUT2D eigenvalue weighted by atomic mass is 10.1. The molecule has 1 aromatic carbocycles.